The molecule has 0 atom stereocenters. The molecule has 1 aromatic heterocycles. The topological polar surface area (TPSA) is 67.2 Å². The van der Waals surface area contributed by atoms with Crippen molar-refractivity contribution >= 4 is 5.91 Å². The van der Waals surface area contributed by atoms with Gasteiger partial charge >= 0.3 is 0 Å². The molecule has 1 amide bonds. The Bertz CT molecular complexity index is 296. The molecular weight excluding hydrogens is 182 g/mol. The van der Waals surface area contributed by atoms with Crippen molar-refractivity contribution in [2.75, 3.05) is 20.1 Å². The molecule has 5 nitrogen and oxygen atoms in total. The first-order valence-electron chi connectivity index (χ1n) is 4.60. The van der Waals surface area contributed by atoms with Crippen molar-refractivity contribution in [3.05, 3.63) is 17.5 Å². The molecule has 5 heteroatoms. The Kier molecular flexibility index (Phi) is 4.12. The van der Waals surface area contributed by atoms with Gasteiger partial charge in [0.05, 0.1) is 0 Å². The van der Waals surface area contributed by atoms with Gasteiger partial charge in [-0.05, 0) is 26.9 Å². The lowest BCUT2D eigenvalue weighted by Gasteiger charge is -2.01. The number of amides is 1. The van der Waals surface area contributed by atoms with Crippen molar-refractivity contribution in [3.8, 4) is 0 Å². The van der Waals surface area contributed by atoms with Crippen molar-refractivity contribution in [1.29, 1.82) is 0 Å². The summed E-state index contributed by atoms with van der Waals surface area (Å²) < 4.78 is 4.79. The molecule has 0 aromatic carbocycles. The fourth-order valence-electron chi connectivity index (χ4n) is 1.03. The number of nitrogens with one attached hydrogen (secondary N) is 2. The van der Waals surface area contributed by atoms with Crippen LogP contribution in [0.1, 0.15) is 22.7 Å². The van der Waals surface area contributed by atoms with Gasteiger partial charge in [0.2, 0.25) is 0 Å². The minimum atomic E-state index is -0.182. The SMILES string of the molecule is CNCCCNC(=O)c1cc(C)on1. The van der Waals surface area contributed by atoms with E-state index in [1.54, 1.807) is 13.0 Å². The van der Waals surface area contributed by atoms with Crippen LogP contribution in [0.2, 0.25) is 0 Å². The first kappa shape index (κ1) is 10.7. The first-order chi connectivity index (χ1) is 6.74. The van der Waals surface area contributed by atoms with Crippen LogP contribution < -0.4 is 10.6 Å². The van der Waals surface area contributed by atoms with Crippen LogP contribution in [0.25, 0.3) is 0 Å². The standard InChI is InChI=1S/C9H15N3O2/c1-7-6-8(12-14-7)9(13)11-5-3-4-10-2/h6,10H,3-5H2,1-2H3,(H,11,13). The van der Waals surface area contributed by atoms with E-state index < -0.39 is 0 Å². The third-order valence-electron chi connectivity index (χ3n) is 1.75. The largest absolute Gasteiger partial charge is 0.361 e. The number of hydrogen-bond acceptors (Lipinski definition) is 4. The maximum atomic E-state index is 11.4. The van der Waals surface area contributed by atoms with Crippen LogP contribution in [0.3, 0.4) is 0 Å². The molecule has 0 aliphatic carbocycles. The Morgan fingerprint density at radius 3 is 2.93 bits per heavy atom. The highest BCUT2D eigenvalue weighted by molar-refractivity contribution is 5.92. The quantitative estimate of drug-likeness (QED) is 0.667. The summed E-state index contributed by atoms with van der Waals surface area (Å²) in [5.74, 6) is 0.461. The lowest BCUT2D eigenvalue weighted by Crippen LogP contribution is -2.26. The van der Waals surface area contributed by atoms with Crippen LogP contribution in [0.4, 0.5) is 0 Å². The molecule has 78 valence electrons. The first-order valence-corrected chi connectivity index (χ1v) is 4.60. The second-order valence-corrected chi connectivity index (χ2v) is 3.04. The van der Waals surface area contributed by atoms with E-state index >= 15 is 0 Å². The molecular formula is C9H15N3O2. The normalized spacial score (nSPS) is 10.1. The van der Waals surface area contributed by atoms with Gasteiger partial charge in [0.15, 0.2) is 5.69 Å². The molecule has 0 saturated carbocycles. The maximum absolute atomic E-state index is 11.4. The van der Waals surface area contributed by atoms with Crippen LogP contribution in [-0.2, 0) is 0 Å². The highest BCUT2D eigenvalue weighted by Crippen LogP contribution is 2.00. The number of aryl methyl sites for hydroxylation is 1. The second kappa shape index (κ2) is 5.39. The number of aromatic nitrogens is 1. The third kappa shape index (κ3) is 3.18. The number of hydrogen-bond donors (Lipinski definition) is 2. The Labute approximate surface area is 82.8 Å². The predicted octanol–water partition coefficient (Wildman–Crippen LogP) is 0.322. The minimum absolute atomic E-state index is 0.182. The van der Waals surface area contributed by atoms with Crippen molar-refractivity contribution in [3.63, 3.8) is 0 Å². The zero-order chi connectivity index (χ0) is 10.4. The van der Waals surface area contributed by atoms with Gasteiger partial charge in [0.1, 0.15) is 5.76 Å². The van der Waals surface area contributed by atoms with Gasteiger partial charge in [-0.15, -0.1) is 0 Å². The molecule has 0 spiro atoms. The molecule has 1 rings (SSSR count). The summed E-state index contributed by atoms with van der Waals surface area (Å²) in [5.41, 5.74) is 0.340. The van der Waals surface area contributed by atoms with Crippen LogP contribution >= 0.6 is 0 Å². The van der Waals surface area contributed by atoms with Crippen molar-refractivity contribution in [2.45, 2.75) is 13.3 Å². The zero-order valence-electron chi connectivity index (χ0n) is 8.46. The average Bonchev–Trinajstić information content (AvgIpc) is 2.59. The van der Waals surface area contributed by atoms with Crippen molar-refractivity contribution in [2.24, 2.45) is 0 Å². The number of rotatable bonds is 5. The van der Waals surface area contributed by atoms with Crippen LogP contribution in [0.15, 0.2) is 10.6 Å². The summed E-state index contributed by atoms with van der Waals surface area (Å²) in [7, 11) is 1.88. The van der Waals surface area contributed by atoms with Crippen molar-refractivity contribution in [1.82, 2.24) is 15.8 Å². The van der Waals surface area contributed by atoms with E-state index in [2.05, 4.69) is 15.8 Å². The maximum Gasteiger partial charge on any atom is 0.273 e. The highest BCUT2D eigenvalue weighted by Gasteiger charge is 2.09. The lowest BCUT2D eigenvalue weighted by molar-refractivity contribution is 0.0944. The summed E-state index contributed by atoms with van der Waals surface area (Å²) >= 11 is 0. The molecule has 0 unspecified atom stereocenters. The van der Waals surface area contributed by atoms with Crippen molar-refractivity contribution < 1.29 is 9.32 Å². The number of carbonyl (C=O) groups excluding carboxylic acids is 1. The number of nitrogens with zero attached hydrogens (tertiary/aromatic N) is 1. The summed E-state index contributed by atoms with van der Waals surface area (Å²) in [4.78, 5) is 11.4. The monoisotopic (exact) mass is 197 g/mol. The van der Waals surface area contributed by atoms with Crippen LogP contribution in [0.5, 0.6) is 0 Å². The van der Waals surface area contributed by atoms with Gasteiger partial charge < -0.3 is 15.2 Å². The van der Waals surface area contributed by atoms with Crippen LogP contribution in [0, 0.1) is 6.92 Å². The van der Waals surface area contributed by atoms with Gasteiger partial charge in [-0.2, -0.15) is 0 Å². The number of carbonyl (C=O) groups is 1. The smallest absolute Gasteiger partial charge is 0.273 e. The molecule has 2 N–H and O–H groups in total. The lowest BCUT2D eigenvalue weighted by atomic mass is 10.3. The fraction of sp³-hybridized carbons (Fsp3) is 0.556. The molecule has 1 heterocycles. The summed E-state index contributed by atoms with van der Waals surface area (Å²) in [6.45, 7) is 3.29. The molecule has 0 aliphatic rings. The van der Waals surface area contributed by atoms with E-state index in [0.29, 0.717) is 18.0 Å². The van der Waals surface area contributed by atoms with Gasteiger partial charge in [-0.25, -0.2) is 0 Å². The van der Waals surface area contributed by atoms with E-state index in [0.717, 1.165) is 13.0 Å². The molecule has 0 bridgehead atoms. The molecule has 0 aliphatic heterocycles. The van der Waals surface area contributed by atoms with Gasteiger partial charge in [0.25, 0.3) is 5.91 Å². The van der Waals surface area contributed by atoms with Gasteiger partial charge in [-0.3, -0.25) is 4.79 Å². The zero-order valence-corrected chi connectivity index (χ0v) is 8.46. The summed E-state index contributed by atoms with van der Waals surface area (Å²) in [6.07, 6.45) is 0.902. The summed E-state index contributed by atoms with van der Waals surface area (Å²) in [5, 5.41) is 9.36. The Morgan fingerprint density at radius 1 is 1.57 bits per heavy atom. The molecule has 0 fully saturated rings. The Balaban J connectivity index is 2.29. The highest BCUT2D eigenvalue weighted by atomic mass is 16.5. The van der Waals surface area contributed by atoms with E-state index in [1.165, 1.54) is 0 Å². The van der Waals surface area contributed by atoms with Crippen LogP contribution in [-0.4, -0.2) is 31.2 Å². The Morgan fingerprint density at radius 2 is 2.36 bits per heavy atom. The summed E-state index contributed by atoms with van der Waals surface area (Å²) in [6, 6.07) is 1.62. The average molecular weight is 197 g/mol. The predicted molar refractivity (Wildman–Crippen MR) is 52.1 cm³/mol. The molecule has 0 radical (unpaired) electrons. The van der Waals surface area contributed by atoms with E-state index in [9.17, 15) is 4.79 Å². The van der Waals surface area contributed by atoms with Gasteiger partial charge in [0, 0.05) is 12.6 Å². The van der Waals surface area contributed by atoms with E-state index in [1.807, 2.05) is 7.05 Å². The fourth-order valence-corrected chi connectivity index (χ4v) is 1.03. The molecule has 14 heavy (non-hydrogen) atoms. The molecule has 1 aromatic rings. The molecule has 0 saturated heterocycles. The van der Waals surface area contributed by atoms with Gasteiger partial charge in [-0.1, -0.05) is 5.16 Å². The van der Waals surface area contributed by atoms with E-state index in [-0.39, 0.29) is 5.91 Å². The third-order valence-corrected chi connectivity index (χ3v) is 1.75. The van der Waals surface area contributed by atoms with E-state index in [4.69, 9.17) is 4.52 Å². The second-order valence-electron chi connectivity index (χ2n) is 3.04. The Hall–Kier alpha value is -1.36. The minimum Gasteiger partial charge on any atom is -0.361 e.